The molecule has 1 rings (SSSR count). The second-order valence-electron chi connectivity index (χ2n) is 3.82. The van der Waals surface area contributed by atoms with E-state index in [9.17, 15) is 4.39 Å². The molecular formula is C12H18FN. The van der Waals surface area contributed by atoms with Crippen LogP contribution in [-0.4, -0.2) is 6.04 Å². The Balaban J connectivity index is 2.72. The van der Waals surface area contributed by atoms with Gasteiger partial charge in [0.1, 0.15) is 5.82 Å². The van der Waals surface area contributed by atoms with Crippen LogP contribution < -0.4 is 5.73 Å². The fraction of sp³-hybridized carbons (Fsp3) is 0.500. The number of hydrogen-bond donors (Lipinski definition) is 1. The van der Waals surface area contributed by atoms with E-state index in [0.29, 0.717) is 5.92 Å². The van der Waals surface area contributed by atoms with Crippen LogP contribution in [0, 0.1) is 11.7 Å². The highest BCUT2D eigenvalue weighted by molar-refractivity contribution is 5.18. The molecule has 78 valence electrons. The first-order chi connectivity index (χ1) is 6.65. The predicted octanol–water partition coefficient (Wildman–Crippen LogP) is 2.74. The van der Waals surface area contributed by atoms with Crippen LogP contribution in [0.15, 0.2) is 24.3 Å². The number of rotatable bonds is 4. The molecule has 2 atom stereocenters. The topological polar surface area (TPSA) is 26.0 Å². The van der Waals surface area contributed by atoms with Crippen LogP contribution in [0.2, 0.25) is 0 Å². The van der Waals surface area contributed by atoms with E-state index >= 15 is 0 Å². The van der Waals surface area contributed by atoms with E-state index in [-0.39, 0.29) is 11.9 Å². The smallest absolute Gasteiger partial charge is 0.126 e. The maximum absolute atomic E-state index is 13.3. The highest BCUT2D eigenvalue weighted by Crippen LogP contribution is 2.17. The molecule has 1 aromatic rings. The summed E-state index contributed by atoms with van der Waals surface area (Å²) < 4.78 is 13.3. The van der Waals surface area contributed by atoms with Gasteiger partial charge < -0.3 is 5.73 Å². The summed E-state index contributed by atoms with van der Waals surface area (Å²) in [4.78, 5) is 0. The van der Waals surface area contributed by atoms with Crippen molar-refractivity contribution in [2.45, 2.75) is 32.7 Å². The Morgan fingerprint density at radius 2 is 2.00 bits per heavy atom. The van der Waals surface area contributed by atoms with Gasteiger partial charge in [-0.25, -0.2) is 4.39 Å². The van der Waals surface area contributed by atoms with Crippen molar-refractivity contribution in [3.8, 4) is 0 Å². The van der Waals surface area contributed by atoms with Gasteiger partial charge >= 0.3 is 0 Å². The maximum atomic E-state index is 13.3. The number of benzene rings is 1. The highest BCUT2D eigenvalue weighted by Gasteiger charge is 2.13. The van der Waals surface area contributed by atoms with Crippen molar-refractivity contribution in [2.75, 3.05) is 0 Å². The molecule has 1 nitrogen and oxygen atoms in total. The molecule has 2 heteroatoms. The van der Waals surface area contributed by atoms with Crippen LogP contribution in [0.3, 0.4) is 0 Å². The van der Waals surface area contributed by atoms with Crippen molar-refractivity contribution in [1.82, 2.24) is 0 Å². The van der Waals surface area contributed by atoms with Crippen molar-refractivity contribution in [3.05, 3.63) is 35.6 Å². The summed E-state index contributed by atoms with van der Waals surface area (Å²) in [6.07, 6.45) is 1.73. The largest absolute Gasteiger partial charge is 0.328 e. The molecule has 0 radical (unpaired) electrons. The fourth-order valence-electron chi connectivity index (χ4n) is 1.65. The van der Waals surface area contributed by atoms with Gasteiger partial charge in [0, 0.05) is 6.04 Å². The Morgan fingerprint density at radius 1 is 1.36 bits per heavy atom. The molecule has 1 aromatic carbocycles. The molecule has 0 saturated heterocycles. The molecule has 0 aliphatic carbocycles. The summed E-state index contributed by atoms with van der Waals surface area (Å²) in [6, 6.07) is 7.04. The lowest BCUT2D eigenvalue weighted by Gasteiger charge is -2.19. The zero-order valence-corrected chi connectivity index (χ0v) is 8.83. The van der Waals surface area contributed by atoms with Crippen molar-refractivity contribution < 1.29 is 4.39 Å². The van der Waals surface area contributed by atoms with Gasteiger partial charge in [-0.15, -0.1) is 0 Å². The van der Waals surface area contributed by atoms with Crippen LogP contribution >= 0.6 is 0 Å². The number of halogens is 1. The molecule has 0 aromatic heterocycles. The molecule has 2 N–H and O–H groups in total. The Hall–Kier alpha value is -0.890. The summed E-state index contributed by atoms with van der Waals surface area (Å²) in [6.45, 7) is 4.07. The van der Waals surface area contributed by atoms with E-state index in [0.717, 1.165) is 18.4 Å². The van der Waals surface area contributed by atoms with E-state index in [1.165, 1.54) is 6.07 Å². The standard InChI is InChI=1S/C12H18FN/c1-3-10(9(2)14)8-11-6-4-5-7-12(11)13/h4-7,9-10H,3,8,14H2,1-2H3. The zero-order valence-electron chi connectivity index (χ0n) is 8.83. The van der Waals surface area contributed by atoms with Crippen LogP contribution in [0.5, 0.6) is 0 Å². The Bertz CT molecular complexity index is 283. The first kappa shape index (κ1) is 11.2. The molecule has 0 fully saturated rings. The van der Waals surface area contributed by atoms with Gasteiger partial charge in [0.2, 0.25) is 0 Å². The molecular weight excluding hydrogens is 177 g/mol. The minimum atomic E-state index is -0.119. The molecule has 14 heavy (non-hydrogen) atoms. The average Bonchev–Trinajstić information content (AvgIpc) is 2.16. The fourth-order valence-corrected chi connectivity index (χ4v) is 1.65. The van der Waals surface area contributed by atoms with E-state index in [1.807, 2.05) is 19.1 Å². The Kier molecular flexibility index (Phi) is 4.08. The van der Waals surface area contributed by atoms with Gasteiger partial charge in [-0.1, -0.05) is 31.5 Å². The summed E-state index contributed by atoms with van der Waals surface area (Å²) in [5.41, 5.74) is 6.60. The van der Waals surface area contributed by atoms with E-state index in [4.69, 9.17) is 5.73 Å². The third-order valence-corrected chi connectivity index (χ3v) is 2.71. The lowest BCUT2D eigenvalue weighted by atomic mass is 9.91. The van der Waals surface area contributed by atoms with Crippen molar-refractivity contribution in [3.63, 3.8) is 0 Å². The monoisotopic (exact) mass is 195 g/mol. The summed E-state index contributed by atoms with van der Waals surface area (Å²) in [5, 5.41) is 0. The molecule has 0 saturated carbocycles. The zero-order chi connectivity index (χ0) is 10.6. The van der Waals surface area contributed by atoms with Crippen LogP contribution in [0.25, 0.3) is 0 Å². The predicted molar refractivity (Wildman–Crippen MR) is 57.5 cm³/mol. The molecule has 0 spiro atoms. The summed E-state index contributed by atoms with van der Waals surface area (Å²) >= 11 is 0. The quantitative estimate of drug-likeness (QED) is 0.785. The number of hydrogen-bond acceptors (Lipinski definition) is 1. The van der Waals surface area contributed by atoms with Crippen molar-refractivity contribution in [2.24, 2.45) is 11.7 Å². The second-order valence-corrected chi connectivity index (χ2v) is 3.82. The third-order valence-electron chi connectivity index (χ3n) is 2.71. The normalized spacial score (nSPS) is 15.1. The maximum Gasteiger partial charge on any atom is 0.126 e. The summed E-state index contributed by atoms with van der Waals surface area (Å²) in [7, 11) is 0. The van der Waals surface area contributed by atoms with Gasteiger partial charge in [0.15, 0.2) is 0 Å². The van der Waals surface area contributed by atoms with Crippen LogP contribution in [0.4, 0.5) is 4.39 Å². The van der Waals surface area contributed by atoms with Gasteiger partial charge in [-0.2, -0.15) is 0 Å². The molecule has 2 unspecified atom stereocenters. The van der Waals surface area contributed by atoms with Gasteiger partial charge in [0.05, 0.1) is 0 Å². The number of nitrogens with two attached hydrogens (primary N) is 1. The SMILES string of the molecule is CCC(Cc1ccccc1F)C(C)N. The van der Waals surface area contributed by atoms with E-state index in [2.05, 4.69) is 6.92 Å². The molecule has 0 aliphatic heterocycles. The van der Waals surface area contributed by atoms with Gasteiger partial charge in [-0.05, 0) is 30.9 Å². The van der Waals surface area contributed by atoms with E-state index in [1.54, 1.807) is 6.07 Å². The lowest BCUT2D eigenvalue weighted by molar-refractivity contribution is 0.420. The Morgan fingerprint density at radius 3 is 2.50 bits per heavy atom. The minimum Gasteiger partial charge on any atom is -0.328 e. The average molecular weight is 195 g/mol. The molecule has 0 heterocycles. The van der Waals surface area contributed by atoms with Crippen molar-refractivity contribution >= 4 is 0 Å². The molecule has 0 amide bonds. The van der Waals surface area contributed by atoms with E-state index < -0.39 is 0 Å². The third kappa shape index (κ3) is 2.81. The highest BCUT2D eigenvalue weighted by atomic mass is 19.1. The summed E-state index contributed by atoms with van der Waals surface area (Å²) in [5.74, 6) is 0.249. The van der Waals surface area contributed by atoms with Gasteiger partial charge in [-0.3, -0.25) is 0 Å². The second kappa shape index (κ2) is 5.11. The first-order valence-electron chi connectivity index (χ1n) is 5.14. The van der Waals surface area contributed by atoms with Crippen LogP contribution in [-0.2, 0) is 6.42 Å². The van der Waals surface area contributed by atoms with Gasteiger partial charge in [0.25, 0.3) is 0 Å². The molecule has 0 bridgehead atoms. The molecule has 0 aliphatic rings. The van der Waals surface area contributed by atoms with Crippen molar-refractivity contribution in [1.29, 1.82) is 0 Å². The minimum absolute atomic E-state index is 0.119. The lowest BCUT2D eigenvalue weighted by Crippen LogP contribution is -2.27. The Labute approximate surface area is 85.1 Å². The van der Waals surface area contributed by atoms with Crippen LogP contribution in [0.1, 0.15) is 25.8 Å². The first-order valence-corrected chi connectivity index (χ1v) is 5.14.